The zero-order valence-electron chi connectivity index (χ0n) is 12.1. The quantitative estimate of drug-likeness (QED) is 0.874. The molecule has 0 spiro atoms. The highest BCUT2D eigenvalue weighted by atomic mass is 16.5. The van der Waals surface area contributed by atoms with Crippen molar-refractivity contribution in [3.63, 3.8) is 0 Å². The summed E-state index contributed by atoms with van der Waals surface area (Å²) in [4.78, 5) is 12.0. The molecule has 1 aromatic heterocycles. The second-order valence-electron chi connectivity index (χ2n) is 5.12. The number of fused-ring (bicyclic) bond motifs is 1. The molecule has 1 atom stereocenters. The molecule has 2 N–H and O–H groups in total. The minimum atomic E-state index is -0.205. The van der Waals surface area contributed by atoms with E-state index in [0.29, 0.717) is 17.7 Å². The van der Waals surface area contributed by atoms with Gasteiger partial charge in [0.05, 0.1) is 19.1 Å². The fourth-order valence-electron chi connectivity index (χ4n) is 2.35. The van der Waals surface area contributed by atoms with Crippen LogP contribution in [0.5, 0.6) is 0 Å². The highest BCUT2D eigenvalue weighted by molar-refractivity contribution is 5.88. The molecule has 0 saturated heterocycles. The van der Waals surface area contributed by atoms with Crippen LogP contribution in [0.1, 0.15) is 30.2 Å². The molecule has 0 aliphatic carbocycles. The second-order valence-corrected chi connectivity index (χ2v) is 5.12. The first-order valence-corrected chi connectivity index (χ1v) is 6.80. The number of aliphatic hydroxyl groups is 1. The largest absolute Gasteiger partial charge is 0.394 e. The molecule has 2 rings (SSSR count). The van der Waals surface area contributed by atoms with E-state index in [-0.39, 0.29) is 25.0 Å². The Morgan fingerprint density at radius 2 is 2.20 bits per heavy atom. The number of carbonyl (C=O) groups is 1. The van der Waals surface area contributed by atoms with Gasteiger partial charge in [-0.1, -0.05) is 18.1 Å². The predicted octanol–water partition coefficient (Wildman–Crippen LogP) is 1.87. The van der Waals surface area contributed by atoms with E-state index in [1.54, 1.807) is 0 Å². The van der Waals surface area contributed by atoms with Crippen molar-refractivity contribution in [3.05, 3.63) is 29.0 Å². The minimum absolute atomic E-state index is 0.0555. The Balaban J connectivity index is 2.20. The van der Waals surface area contributed by atoms with E-state index in [2.05, 4.69) is 10.5 Å². The fourth-order valence-corrected chi connectivity index (χ4v) is 2.35. The Morgan fingerprint density at radius 1 is 1.45 bits per heavy atom. The van der Waals surface area contributed by atoms with E-state index in [9.17, 15) is 4.79 Å². The summed E-state index contributed by atoms with van der Waals surface area (Å²) in [5, 5.41) is 16.8. The van der Waals surface area contributed by atoms with E-state index < -0.39 is 0 Å². The van der Waals surface area contributed by atoms with Crippen molar-refractivity contribution < 1.29 is 14.4 Å². The summed E-state index contributed by atoms with van der Waals surface area (Å²) in [5.74, 6) is -0.152. The number of rotatable bonds is 5. The Labute approximate surface area is 118 Å². The third-order valence-corrected chi connectivity index (χ3v) is 3.39. The Kier molecular flexibility index (Phi) is 4.39. The lowest BCUT2D eigenvalue weighted by atomic mass is 10.0. The number of hydrogen-bond acceptors (Lipinski definition) is 4. The summed E-state index contributed by atoms with van der Waals surface area (Å²) < 4.78 is 5.29. The van der Waals surface area contributed by atoms with Gasteiger partial charge in [0, 0.05) is 5.39 Å². The van der Waals surface area contributed by atoms with Gasteiger partial charge in [-0.3, -0.25) is 4.79 Å². The van der Waals surface area contributed by atoms with E-state index in [1.165, 1.54) is 0 Å². The van der Waals surface area contributed by atoms with Crippen LogP contribution >= 0.6 is 0 Å². The summed E-state index contributed by atoms with van der Waals surface area (Å²) in [6, 6.07) is 3.76. The molecule has 1 aromatic carbocycles. The molecule has 1 heterocycles. The summed E-state index contributed by atoms with van der Waals surface area (Å²) in [6.45, 7) is 5.84. The van der Waals surface area contributed by atoms with Gasteiger partial charge in [0.15, 0.2) is 5.58 Å². The monoisotopic (exact) mass is 276 g/mol. The van der Waals surface area contributed by atoms with Gasteiger partial charge < -0.3 is 14.9 Å². The third kappa shape index (κ3) is 2.99. The van der Waals surface area contributed by atoms with Gasteiger partial charge in [0.1, 0.15) is 5.69 Å². The highest BCUT2D eigenvalue weighted by Crippen LogP contribution is 2.24. The van der Waals surface area contributed by atoms with Crippen molar-refractivity contribution in [3.8, 4) is 0 Å². The molecule has 20 heavy (non-hydrogen) atoms. The first kappa shape index (κ1) is 14.5. The number of amides is 1. The van der Waals surface area contributed by atoms with Gasteiger partial charge in [-0.15, -0.1) is 0 Å². The number of aryl methyl sites for hydroxylation is 2. The van der Waals surface area contributed by atoms with E-state index in [4.69, 9.17) is 9.63 Å². The standard InChI is InChI=1S/C15H20N2O3/c1-4-11(8-18)16-14(19)7-12-15-10(3)5-9(2)6-13(15)20-17-12/h5-6,11,18H,4,7-8H2,1-3H3,(H,16,19). The molecule has 0 bridgehead atoms. The first-order chi connectivity index (χ1) is 9.55. The number of carbonyl (C=O) groups excluding carboxylic acids is 1. The Bertz CT molecular complexity index is 615. The van der Waals surface area contributed by atoms with Crippen LogP contribution in [0.4, 0.5) is 0 Å². The number of benzene rings is 1. The lowest BCUT2D eigenvalue weighted by Gasteiger charge is -2.13. The van der Waals surface area contributed by atoms with Crippen LogP contribution in [0.2, 0.25) is 0 Å². The molecule has 0 saturated carbocycles. The van der Waals surface area contributed by atoms with Crippen LogP contribution in [0.25, 0.3) is 11.0 Å². The van der Waals surface area contributed by atoms with Gasteiger partial charge >= 0.3 is 0 Å². The molecule has 5 heteroatoms. The number of aliphatic hydroxyl groups excluding tert-OH is 1. The van der Waals surface area contributed by atoms with Crippen LogP contribution in [0.3, 0.4) is 0 Å². The molecule has 0 aliphatic heterocycles. The molecular weight excluding hydrogens is 256 g/mol. The number of hydrogen-bond donors (Lipinski definition) is 2. The number of nitrogens with one attached hydrogen (secondary N) is 1. The summed E-state index contributed by atoms with van der Waals surface area (Å²) >= 11 is 0. The lowest BCUT2D eigenvalue weighted by molar-refractivity contribution is -0.121. The molecule has 5 nitrogen and oxygen atoms in total. The van der Waals surface area contributed by atoms with Crippen molar-refractivity contribution in [2.24, 2.45) is 0 Å². The van der Waals surface area contributed by atoms with Crippen molar-refractivity contribution in [2.45, 2.75) is 39.7 Å². The lowest BCUT2D eigenvalue weighted by Crippen LogP contribution is -2.37. The minimum Gasteiger partial charge on any atom is -0.394 e. The normalized spacial score (nSPS) is 12.6. The van der Waals surface area contributed by atoms with Gasteiger partial charge in [-0.2, -0.15) is 0 Å². The third-order valence-electron chi connectivity index (χ3n) is 3.39. The average Bonchev–Trinajstić information content (AvgIpc) is 2.78. The van der Waals surface area contributed by atoms with E-state index >= 15 is 0 Å². The number of nitrogens with zero attached hydrogens (tertiary/aromatic N) is 1. The van der Waals surface area contributed by atoms with Crippen molar-refractivity contribution >= 4 is 16.9 Å². The Morgan fingerprint density at radius 3 is 2.85 bits per heavy atom. The molecule has 0 radical (unpaired) electrons. The SMILES string of the molecule is CCC(CO)NC(=O)Cc1noc2cc(C)cc(C)c12. The van der Waals surface area contributed by atoms with Crippen LogP contribution in [-0.4, -0.2) is 28.8 Å². The molecule has 0 aliphatic rings. The first-order valence-electron chi connectivity index (χ1n) is 6.80. The maximum atomic E-state index is 12.0. The summed E-state index contributed by atoms with van der Waals surface area (Å²) in [6.07, 6.45) is 0.855. The maximum absolute atomic E-state index is 12.0. The Hall–Kier alpha value is -1.88. The van der Waals surface area contributed by atoms with Crippen molar-refractivity contribution in [1.82, 2.24) is 10.5 Å². The number of aromatic nitrogens is 1. The summed E-state index contributed by atoms with van der Waals surface area (Å²) in [5.41, 5.74) is 3.51. The fraction of sp³-hybridized carbons (Fsp3) is 0.467. The van der Waals surface area contributed by atoms with E-state index in [0.717, 1.165) is 16.5 Å². The molecule has 2 aromatic rings. The molecular formula is C15H20N2O3. The van der Waals surface area contributed by atoms with Gasteiger partial charge in [0.25, 0.3) is 0 Å². The highest BCUT2D eigenvalue weighted by Gasteiger charge is 2.16. The summed E-state index contributed by atoms with van der Waals surface area (Å²) in [7, 11) is 0. The van der Waals surface area contributed by atoms with Crippen LogP contribution in [-0.2, 0) is 11.2 Å². The predicted molar refractivity (Wildman–Crippen MR) is 76.5 cm³/mol. The van der Waals surface area contributed by atoms with Crippen LogP contribution < -0.4 is 5.32 Å². The second kappa shape index (κ2) is 6.05. The van der Waals surface area contributed by atoms with Gasteiger partial charge in [0.2, 0.25) is 5.91 Å². The zero-order valence-corrected chi connectivity index (χ0v) is 12.1. The van der Waals surface area contributed by atoms with Crippen molar-refractivity contribution in [2.75, 3.05) is 6.61 Å². The maximum Gasteiger partial charge on any atom is 0.226 e. The smallest absolute Gasteiger partial charge is 0.226 e. The van der Waals surface area contributed by atoms with E-state index in [1.807, 2.05) is 32.9 Å². The average molecular weight is 276 g/mol. The molecule has 108 valence electrons. The van der Waals surface area contributed by atoms with Gasteiger partial charge in [-0.05, 0) is 37.5 Å². The van der Waals surface area contributed by atoms with Crippen molar-refractivity contribution in [1.29, 1.82) is 0 Å². The van der Waals surface area contributed by atoms with Crippen LogP contribution in [0, 0.1) is 13.8 Å². The zero-order chi connectivity index (χ0) is 14.7. The molecule has 1 amide bonds. The molecule has 1 unspecified atom stereocenters. The van der Waals surface area contributed by atoms with Crippen LogP contribution in [0.15, 0.2) is 16.7 Å². The van der Waals surface area contributed by atoms with Gasteiger partial charge in [-0.25, -0.2) is 0 Å². The topological polar surface area (TPSA) is 75.4 Å². The molecule has 0 fully saturated rings.